The molecule has 0 aliphatic carbocycles. The number of carbonyl (C=O) groups excluding carboxylic acids is 1. The highest BCUT2D eigenvalue weighted by molar-refractivity contribution is 9.10. The van der Waals surface area contributed by atoms with Gasteiger partial charge in [0.15, 0.2) is 0 Å². The number of anilines is 1. The van der Waals surface area contributed by atoms with E-state index >= 15 is 0 Å². The molecule has 2 rings (SSSR count). The third kappa shape index (κ3) is 3.67. The van der Waals surface area contributed by atoms with E-state index in [-0.39, 0.29) is 5.91 Å². The van der Waals surface area contributed by atoms with Crippen LogP contribution in [-0.4, -0.2) is 5.91 Å². The molecule has 1 N–H and O–H groups in total. The molecule has 0 saturated heterocycles. The SMILES string of the molecule is CCc1ccc(NC(=O)c2cc(C)cc(Br)c2)cc1. The summed E-state index contributed by atoms with van der Waals surface area (Å²) >= 11 is 3.41. The van der Waals surface area contributed by atoms with Crippen LogP contribution in [0.3, 0.4) is 0 Å². The molecule has 98 valence electrons. The first kappa shape index (κ1) is 13.8. The van der Waals surface area contributed by atoms with Gasteiger partial charge < -0.3 is 5.32 Å². The number of hydrogen-bond donors (Lipinski definition) is 1. The van der Waals surface area contributed by atoms with Gasteiger partial charge in [-0.15, -0.1) is 0 Å². The van der Waals surface area contributed by atoms with Crippen LogP contribution in [0.25, 0.3) is 0 Å². The van der Waals surface area contributed by atoms with Gasteiger partial charge in [0, 0.05) is 15.7 Å². The number of aryl methyl sites for hydroxylation is 2. The summed E-state index contributed by atoms with van der Waals surface area (Å²) in [6.07, 6.45) is 0.999. The third-order valence-electron chi connectivity index (χ3n) is 2.92. The first-order valence-electron chi connectivity index (χ1n) is 6.26. The predicted molar refractivity (Wildman–Crippen MR) is 82.7 cm³/mol. The average molecular weight is 318 g/mol. The summed E-state index contributed by atoms with van der Waals surface area (Å²) in [6.45, 7) is 4.08. The van der Waals surface area contributed by atoms with E-state index in [1.807, 2.05) is 49.4 Å². The molecule has 0 unspecified atom stereocenters. The summed E-state index contributed by atoms with van der Waals surface area (Å²) in [5, 5.41) is 2.90. The van der Waals surface area contributed by atoms with Crippen molar-refractivity contribution >= 4 is 27.5 Å². The lowest BCUT2D eigenvalue weighted by atomic mass is 10.1. The minimum absolute atomic E-state index is 0.0892. The van der Waals surface area contributed by atoms with E-state index in [2.05, 4.69) is 28.2 Å². The Hall–Kier alpha value is -1.61. The van der Waals surface area contributed by atoms with Crippen LogP contribution in [0, 0.1) is 6.92 Å². The molecule has 0 fully saturated rings. The topological polar surface area (TPSA) is 29.1 Å². The van der Waals surface area contributed by atoms with Crippen LogP contribution in [0.5, 0.6) is 0 Å². The van der Waals surface area contributed by atoms with Crippen molar-refractivity contribution in [1.82, 2.24) is 0 Å². The van der Waals surface area contributed by atoms with Gasteiger partial charge in [-0.3, -0.25) is 4.79 Å². The molecule has 19 heavy (non-hydrogen) atoms. The highest BCUT2D eigenvalue weighted by atomic mass is 79.9. The van der Waals surface area contributed by atoms with E-state index < -0.39 is 0 Å². The third-order valence-corrected chi connectivity index (χ3v) is 3.38. The number of halogens is 1. The van der Waals surface area contributed by atoms with Crippen molar-refractivity contribution in [2.45, 2.75) is 20.3 Å². The lowest BCUT2D eigenvalue weighted by molar-refractivity contribution is 0.102. The molecule has 0 aliphatic rings. The summed E-state index contributed by atoms with van der Waals surface area (Å²) in [5.74, 6) is -0.0892. The summed E-state index contributed by atoms with van der Waals surface area (Å²) in [7, 11) is 0. The highest BCUT2D eigenvalue weighted by Gasteiger charge is 2.07. The molecule has 2 aromatic carbocycles. The fourth-order valence-corrected chi connectivity index (χ4v) is 2.50. The number of nitrogens with one attached hydrogen (secondary N) is 1. The standard InChI is InChI=1S/C16H16BrNO/c1-3-12-4-6-15(7-5-12)18-16(19)13-8-11(2)9-14(17)10-13/h4-10H,3H2,1-2H3,(H,18,19). The summed E-state index contributed by atoms with van der Waals surface area (Å²) in [5.41, 5.74) is 3.79. The maximum absolute atomic E-state index is 12.1. The Kier molecular flexibility index (Phi) is 4.38. The second-order valence-electron chi connectivity index (χ2n) is 4.52. The summed E-state index contributed by atoms with van der Waals surface area (Å²) in [4.78, 5) is 12.1. The Labute approximate surface area is 122 Å². The Bertz CT molecular complexity index is 570. The Morgan fingerprint density at radius 1 is 1.16 bits per heavy atom. The van der Waals surface area contributed by atoms with Crippen molar-refractivity contribution in [3.8, 4) is 0 Å². The van der Waals surface area contributed by atoms with Crippen molar-refractivity contribution in [1.29, 1.82) is 0 Å². The van der Waals surface area contributed by atoms with E-state index in [1.165, 1.54) is 5.56 Å². The van der Waals surface area contributed by atoms with Crippen molar-refractivity contribution in [3.05, 3.63) is 63.6 Å². The fraction of sp³-hybridized carbons (Fsp3) is 0.188. The van der Waals surface area contributed by atoms with E-state index in [0.717, 1.165) is 22.1 Å². The van der Waals surface area contributed by atoms with Crippen LogP contribution >= 0.6 is 15.9 Å². The molecule has 0 aromatic heterocycles. The Morgan fingerprint density at radius 3 is 2.42 bits per heavy atom. The molecule has 0 aliphatic heterocycles. The van der Waals surface area contributed by atoms with E-state index in [4.69, 9.17) is 0 Å². The quantitative estimate of drug-likeness (QED) is 0.882. The van der Waals surface area contributed by atoms with Crippen LogP contribution in [0.2, 0.25) is 0 Å². The lowest BCUT2D eigenvalue weighted by Gasteiger charge is -2.07. The molecular weight excluding hydrogens is 302 g/mol. The summed E-state index contributed by atoms with van der Waals surface area (Å²) < 4.78 is 0.916. The van der Waals surface area contributed by atoms with Gasteiger partial charge in [0.1, 0.15) is 0 Å². The first-order chi connectivity index (χ1) is 9.08. The zero-order valence-electron chi connectivity index (χ0n) is 11.0. The first-order valence-corrected chi connectivity index (χ1v) is 7.05. The zero-order valence-corrected chi connectivity index (χ0v) is 12.6. The van der Waals surface area contributed by atoms with Crippen molar-refractivity contribution in [2.24, 2.45) is 0 Å². The number of amides is 1. The van der Waals surface area contributed by atoms with Crippen molar-refractivity contribution in [3.63, 3.8) is 0 Å². The molecule has 1 amide bonds. The van der Waals surface area contributed by atoms with Gasteiger partial charge in [0.2, 0.25) is 0 Å². The monoisotopic (exact) mass is 317 g/mol. The lowest BCUT2D eigenvalue weighted by Crippen LogP contribution is -2.12. The van der Waals surface area contributed by atoms with E-state index in [9.17, 15) is 4.79 Å². The van der Waals surface area contributed by atoms with Gasteiger partial charge >= 0.3 is 0 Å². The molecule has 0 saturated carbocycles. The number of rotatable bonds is 3. The molecule has 2 nitrogen and oxygen atoms in total. The minimum Gasteiger partial charge on any atom is -0.322 e. The maximum atomic E-state index is 12.1. The minimum atomic E-state index is -0.0892. The molecule has 0 atom stereocenters. The van der Waals surface area contributed by atoms with Crippen molar-refractivity contribution < 1.29 is 4.79 Å². The maximum Gasteiger partial charge on any atom is 0.255 e. The van der Waals surface area contributed by atoms with Gasteiger partial charge in [-0.25, -0.2) is 0 Å². The van der Waals surface area contributed by atoms with E-state index in [0.29, 0.717) is 5.56 Å². The molecular formula is C16H16BrNO. The number of benzene rings is 2. The summed E-state index contributed by atoms with van der Waals surface area (Å²) in [6, 6.07) is 13.6. The number of hydrogen-bond acceptors (Lipinski definition) is 1. The largest absolute Gasteiger partial charge is 0.322 e. The molecule has 0 radical (unpaired) electrons. The molecule has 2 aromatic rings. The van der Waals surface area contributed by atoms with Crippen LogP contribution in [0.4, 0.5) is 5.69 Å². The molecule has 0 spiro atoms. The van der Waals surface area contributed by atoms with Crippen molar-refractivity contribution in [2.75, 3.05) is 5.32 Å². The molecule has 3 heteroatoms. The second-order valence-corrected chi connectivity index (χ2v) is 5.44. The normalized spacial score (nSPS) is 10.3. The average Bonchev–Trinajstić information content (AvgIpc) is 2.38. The van der Waals surface area contributed by atoms with Gasteiger partial charge in [-0.05, 0) is 54.8 Å². The highest BCUT2D eigenvalue weighted by Crippen LogP contribution is 2.17. The van der Waals surface area contributed by atoms with Crippen LogP contribution in [-0.2, 0) is 6.42 Å². The second kappa shape index (κ2) is 6.02. The van der Waals surface area contributed by atoms with E-state index in [1.54, 1.807) is 0 Å². The molecule has 0 bridgehead atoms. The van der Waals surface area contributed by atoms with Gasteiger partial charge in [0.05, 0.1) is 0 Å². The Balaban J connectivity index is 2.15. The smallest absolute Gasteiger partial charge is 0.255 e. The fourth-order valence-electron chi connectivity index (χ4n) is 1.89. The van der Waals surface area contributed by atoms with Crippen LogP contribution < -0.4 is 5.32 Å². The van der Waals surface area contributed by atoms with Gasteiger partial charge in [-0.2, -0.15) is 0 Å². The van der Waals surface area contributed by atoms with Crippen LogP contribution in [0.1, 0.15) is 28.4 Å². The molecule has 0 heterocycles. The zero-order chi connectivity index (χ0) is 13.8. The van der Waals surface area contributed by atoms with Crippen LogP contribution in [0.15, 0.2) is 46.9 Å². The van der Waals surface area contributed by atoms with Gasteiger partial charge in [-0.1, -0.05) is 35.0 Å². The van der Waals surface area contributed by atoms with Gasteiger partial charge in [0.25, 0.3) is 5.91 Å². The predicted octanol–water partition coefficient (Wildman–Crippen LogP) is 4.57. The number of carbonyl (C=O) groups is 1. The Morgan fingerprint density at radius 2 is 1.84 bits per heavy atom.